The normalized spacial score (nSPS) is 9.65. The van der Waals surface area contributed by atoms with Crippen LogP contribution in [0.15, 0.2) is 35.1 Å². The number of nitrogens with two attached hydrogens (primary N) is 1. The van der Waals surface area contributed by atoms with E-state index in [0.717, 1.165) is 4.47 Å². The topological polar surface area (TPSA) is 84.8 Å². The monoisotopic (exact) mass is 290 g/mol. The van der Waals surface area contributed by atoms with Crippen LogP contribution < -0.4 is 10.5 Å². The SMILES string of the molecule is N#Cc1cc(N)ccc1Oc1ncc(Br)cn1. The molecule has 17 heavy (non-hydrogen) atoms. The first-order valence-electron chi connectivity index (χ1n) is 4.64. The Morgan fingerprint density at radius 3 is 2.65 bits per heavy atom. The van der Waals surface area contributed by atoms with Gasteiger partial charge in [0.2, 0.25) is 0 Å². The molecule has 0 fully saturated rings. The molecule has 0 saturated heterocycles. The molecule has 6 heteroatoms. The van der Waals surface area contributed by atoms with Gasteiger partial charge in [-0.2, -0.15) is 5.26 Å². The van der Waals surface area contributed by atoms with Crippen LogP contribution in [0.25, 0.3) is 0 Å². The maximum Gasteiger partial charge on any atom is 0.321 e. The predicted molar refractivity (Wildman–Crippen MR) is 65.4 cm³/mol. The van der Waals surface area contributed by atoms with Gasteiger partial charge in [-0.05, 0) is 34.1 Å². The molecule has 1 aromatic carbocycles. The molecule has 0 radical (unpaired) electrons. The number of hydrogen-bond acceptors (Lipinski definition) is 5. The molecule has 0 saturated carbocycles. The second kappa shape index (κ2) is 4.80. The number of halogens is 1. The maximum absolute atomic E-state index is 8.93. The van der Waals surface area contributed by atoms with Crippen molar-refractivity contribution >= 4 is 21.6 Å². The van der Waals surface area contributed by atoms with Crippen LogP contribution in [0.3, 0.4) is 0 Å². The highest BCUT2D eigenvalue weighted by molar-refractivity contribution is 9.10. The summed E-state index contributed by atoms with van der Waals surface area (Å²) in [4.78, 5) is 7.90. The van der Waals surface area contributed by atoms with Crippen LogP contribution >= 0.6 is 15.9 Å². The van der Waals surface area contributed by atoms with Crippen LogP contribution in [0.5, 0.6) is 11.8 Å². The summed E-state index contributed by atoms with van der Waals surface area (Å²) < 4.78 is 6.14. The summed E-state index contributed by atoms with van der Waals surface area (Å²) in [5.41, 5.74) is 6.42. The minimum absolute atomic E-state index is 0.175. The minimum Gasteiger partial charge on any atom is -0.423 e. The standard InChI is InChI=1S/C11H7BrN4O/c12-8-5-15-11(16-6-8)17-10-2-1-9(14)3-7(10)4-13/h1-3,5-6H,14H2. The highest BCUT2D eigenvalue weighted by Crippen LogP contribution is 2.24. The number of nitrogens with zero attached hydrogens (tertiary/aromatic N) is 3. The van der Waals surface area contributed by atoms with Crippen molar-refractivity contribution < 1.29 is 4.74 Å². The van der Waals surface area contributed by atoms with E-state index in [-0.39, 0.29) is 6.01 Å². The van der Waals surface area contributed by atoms with Gasteiger partial charge in [-0.3, -0.25) is 0 Å². The summed E-state index contributed by atoms with van der Waals surface area (Å²) in [6, 6.07) is 6.97. The number of anilines is 1. The van der Waals surface area contributed by atoms with Gasteiger partial charge in [-0.1, -0.05) is 0 Å². The molecule has 0 atom stereocenters. The molecular weight excluding hydrogens is 284 g/mol. The first-order valence-corrected chi connectivity index (χ1v) is 5.43. The Morgan fingerprint density at radius 2 is 2.00 bits per heavy atom. The minimum atomic E-state index is 0.175. The zero-order chi connectivity index (χ0) is 12.3. The van der Waals surface area contributed by atoms with Crippen LogP contribution in [0.1, 0.15) is 5.56 Å². The molecule has 1 heterocycles. The van der Waals surface area contributed by atoms with E-state index in [4.69, 9.17) is 15.7 Å². The fraction of sp³-hybridized carbons (Fsp3) is 0. The van der Waals surface area contributed by atoms with E-state index in [0.29, 0.717) is 17.0 Å². The molecule has 0 bridgehead atoms. The van der Waals surface area contributed by atoms with Gasteiger partial charge < -0.3 is 10.5 Å². The Balaban J connectivity index is 2.30. The first kappa shape index (κ1) is 11.4. The van der Waals surface area contributed by atoms with Crippen molar-refractivity contribution in [3.63, 3.8) is 0 Å². The maximum atomic E-state index is 8.93. The van der Waals surface area contributed by atoms with Crippen molar-refractivity contribution in [2.45, 2.75) is 0 Å². The van der Waals surface area contributed by atoms with Gasteiger partial charge >= 0.3 is 6.01 Å². The molecule has 1 aromatic heterocycles. The number of rotatable bonds is 2. The summed E-state index contributed by atoms with van der Waals surface area (Å²) in [6.07, 6.45) is 3.12. The van der Waals surface area contributed by atoms with Crippen molar-refractivity contribution in [1.82, 2.24) is 9.97 Å². The Bertz CT molecular complexity index is 577. The summed E-state index contributed by atoms with van der Waals surface area (Å²) in [7, 11) is 0. The van der Waals surface area contributed by atoms with E-state index < -0.39 is 0 Å². The van der Waals surface area contributed by atoms with Crippen LogP contribution in [-0.2, 0) is 0 Å². The molecule has 0 amide bonds. The second-order valence-corrected chi connectivity index (χ2v) is 4.07. The van der Waals surface area contributed by atoms with E-state index in [1.54, 1.807) is 24.5 Å². The third-order valence-electron chi connectivity index (χ3n) is 1.92. The highest BCUT2D eigenvalue weighted by atomic mass is 79.9. The van der Waals surface area contributed by atoms with E-state index in [1.807, 2.05) is 6.07 Å². The summed E-state index contributed by atoms with van der Waals surface area (Å²) in [5.74, 6) is 0.379. The summed E-state index contributed by atoms with van der Waals surface area (Å²) in [6.45, 7) is 0. The van der Waals surface area contributed by atoms with Crippen molar-refractivity contribution in [3.05, 3.63) is 40.6 Å². The third-order valence-corrected chi connectivity index (χ3v) is 2.33. The Morgan fingerprint density at radius 1 is 1.29 bits per heavy atom. The smallest absolute Gasteiger partial charge is 0.321 e. The van der Waals surface area contributed by atoms with Crippen molar-refractivity contribution in [2.75, 3.05) is 5.73 Å². The molecule has 0 unspecified atom stereocenters. The fourth-order valence-corrected chi connectivity index (χ4v) is 1.38. The van der Waals surface area contributed by atoms with Crippen molar-refractivity contribution in [1.29, 1.82) is 5.26 Å². The lowest BCUT2D eigenvalue weighted by atomic mass is 10.2. The van der Waals surface area contributed by atoms with Gasteiger partial charge in [0.05, 0.1) is 10.0 Å². The third kappa shape index (κ3) is 2.71. The van der Waals surface area contributed by atoms with Gasteiger partial charge in [0.15, 0.2) is 0 Å². The number of nitriles is 1. The van der Waals surface area contributed by atoms with Crippen LogP contribution in [0, 0.1) is 11.3 Å². The molecule has 2 N–H and O–H groups in total. The van der Waals surface area contributed by atoms with E-state index >= 15 is 0 Å². The van der Waals surface area contributed by atoms with E-state index in [2.05, 4.69) is 25.9 Å². The largest absolute Gasteiger partial charge is 0.423 e. The molecule has 0 aliphatic rings. The quantitative estimate of drug-likeness (QED) is 0.859. The van der Waals surface area contributed by atoms with Gasteiger partial charge in [0.25, 0.3) is 0 Å². The lowest BCUT2D eigenvalue weighted by molar-refractivity contribution is 0.440. The van der Waals surface area contributed by atoms with Gasteiger partial charge in [-0.15, -0.1) is 0 Å². The molecule has 2 rings (SSSR count). The van der Waals surface area contributed by atoms with Crippen LogP contribution in [-0.4, -0.2) is 9.97 Å². The lowest BCUT2D eigenvalue weighted by Gasteiger charge is -2.05. The molecule has 0 aliphatic carbocycles. The van der Waals surface area contributed by atoms with Crippen molar-refractivity contribution in [2.24, 2.45) is 0 Å². The van der Waals surface area contributed by atoms with Gasteiger partial charge in [0, 0.05) is 18.1 Å². The Labute approximate surface area is 106 Å². The summed E-state index contributed by atoms with van der Waals surface area (Å²) >= 11 is 3.22. The number of aromatic nitrogens is 2. The zero-order valence-corrected chi connectivity index (χ0v) is 10.2. The first-order chi connectivity index (χ1) is 8.19. The second-order valence-electron chi connectivity index (χ2n) is 3.15. The van der Waals surface area contributed by atoms with E-state index in [9.17, 15) is 0 Å². The molecular formula is C11H7BrN4O. The zero-order valence-electron chi connectivity index (χ0n) is 8.59. The fourth-order valence-electron chi connectivity index (χ4n) is 1.18. The van der Waals surface area contributed by atoms with E-state index in [1.165, 1.54) is 6.07 Å². The van der Waals surface area contributed by atoms with Crippen LogP contribution in [0.4, 0.5) is 5.69 Å². The molecule has 5 nitrogen and oxygen atoms in total. The molecule has 2 aromatic rings. The van der Waals surface area contributed by atoms with Gasteiger partial charge in [-0.25, -0.2) is 9.97 Å². The Hall–Kier alpha value is -2.13. The average molecular weight is 291 g/mol. The number of hydrogen-bond donors (Lipinski definition) is 1. The molecule has 0 aliphatic heterocycles. The highest BCUT2D eigenvalue weighted by Gasteiger charge is 2.06. The lowest BCUT2D eigenvalue weighted by Crippen LogP contribution is -1.94. The Kier molecular flexibility index (Phi) is 3.21. The number of benzene rings is 1. The molecule has 0 spiro atoms. The number of ether oxygens (including phenoxy) is 1. The predicted octanol–water partition coefficient (Wildman–Crippen LogP) is 2.49. The van der Waals surface area contributed by atoms with Gasteiger partial charge in [0.1, 0.15) is 11.8 Å². The average Bonchev–Trinajstić information content (AvgIpc) is 2.34. The number of nitrogen functional groups attached to an aromatic ring is 1. The van der Waals surface area contributed by atoms with Crippen molar-refractivity contribution in [3.8, 4) is 17.8 Å². The van der Waals surface area contributed by atoms with Crippen LogP contribution in [0.2, 0.25) is 0 Å². The summed E-state index contributed by atoms with van der Waals surface area (Å²) in [5, 5.41) is 8.93. The molecule has 84 valence electrons.